The number of aromatic nitrogens is 2. The quantitative estimate of drug-likeness (QED) is 0.752. The van der Waals surface area contributed by atoms with Gasteiger partial charge >= 0.3 is 5.97 Å². The lowest BCUT2D eigenvalue weighted by Crippen LogP contribution is -2.30. The fourth-order valence-corrected chi connectivity index (χ4v) is 3.32. The number of aryl methyl sites for hydroxylation is 1. The normalized spacial score (nSPS) is 15.7. The van der Waals surface area contributed by atoms with Crippen LogP contribution in [0.1, 0.15) is 67.8 Å². The van der Waals surface area contributed by atoms with Crippen LogP contribution in [-0.2, 0) is 16.0 Å². The van der Waals surface area contributed by atoms with Crippen molar-refractivity contribution in [1.82, 2.24) is 15.5 Å². The Labute approximate surface area is 151 Å². The first kappa shape index (κ1) is 18.1. The third kappa shape index (κ3) is 4.91. The number of hydrogen-bond acceptors (Lipinski definition) is 5. The number of carbonyl (C=O) groups is 2. The molecular formula is C19H23N3O4. The molecule has 7 heteroatoms. The van der Waals surface area contributed by atoms with Crippen molar-refractivity contribution in [3.8, 4) is 0 Å². The highest BCUT2D eigenvalue weighted by atomic mass is 16.5. The van der Waals surface area contributed by atoms with Gasteiger partial charge in [0.1, 0.15) is 0 Å². The van der Waals surface area contributed by atoms with E-state index in [2.05, 4.69) is 15.5 Å². The fourth-order valence-electron chi connectivity index (χ4n) is 3.32. The molecule has 138 valence electrons. The molecule has 1 saturated carbocycles. The van der Waals surface area contributed by atoms with Gasteiger partial charge in [0.05, 0.1) is 12.5 Å². The van der Waals surface area contributed by atoms with Crippen LogP contribution < -0.4 is 5.32 Å². The summed E-state index contributed by atoms with van der Waals surface area (Å²) in [6.07, 6.45) is 4.93. The van der Waals surface area contributed by atoms with Gasteiger partial charge in [-0.1, -0.05) is 48.3 Å². The van der Waals surface area contributed by atoms with Crippen molar-refractivity contribution >= 4 is 11.9 Å². The van der Waals surface area contributed by atoms with Gasteiger partial charge in [-0.2, -0.15) is 4.98 Å². The zero-order valence-corrected chi connectivity index (χ0v) is 14.6. The van der Waals surface area contributed by atoms with Crippen LogP contribution in [-0.4, -0.2) is 27.1 Å². The van der Waals surface area contributed by atoms with E-state index in [9.17, 15) is 9.59 Å². The van der Waals surface area contributed by atoms with Crippen LogP contribution in [0.5, 0.6) is 0 Å². The summed E-state index contributed by atoms with van der Waals surface area (Å²) in [5.41, 5.74) is 0.768. The molecule has 1 fully saturated rings. The summed E-state index contributed by atoms with van der Waals surface area (Å²) in [6, 6.07) is 8.54. The van der Waals surface area contributed by atoms with Gasteiger partial charge in [-0.05, 0) is 18.4 Å². The van der Waals surface area contributed by atoms with E-state index in [0.717, 1.165) is 24.2 Å². The predicted octanol–water partition coefficient (Wildman–Crippen LogP) is 2.99. The molecule has 1 atom stereocenters. The Morgan fingerprint density at radius 2 is 1.96 bits per heavy atom. The molecule has 2 aromatic rings. The Balaban J connectivity index is 1.54. The molecule has 1 heterocycles. The Kier molecular flexibility index (Phi) is 5.99. The minimum absolute atomic E-state index is 0.165. The van der Waals surface area contributed by atoms with Gasteiger partial charge in [0.25, 0.3) is 0 Å². The third-order valence-corrected chi connectivity index (χ3v) is 4.69. The van der Waals surface area contributed by atoms with E-state index in [4.69, 9.17) is 9.63 Å². The van der Waals surface area contributed by atoms with Crippen LogP contribution in [0, 0.1) is 0 Å². The maximum atomic E-state index is 12.3. The lowest BCUT2D eigenvalue weighted by Gasteiger charge is -2.17. The fraction of sp³-hybridized carbons (Fsp3) is 0.474. The number of aliphatic carboxylic acids is 1. The number of nitrogens with one attached hydrogen (secondary N) is 1. The third-order valence-electron chi connectivity index (χ3n) is 4.69. The van der Waals surface area contributed by atoms with Crippen LogP contribution in [0.4, 0.5) is 0 Å². The molecule has 1 aromatic carbocycles. The number of amides is 1. The maximum Gasteiger partial charge on any atom is 0.305 e. The summed E-state index contributed by atoms with van der Waals surface area (Å²) in [4.78, 5) is 27.7. The smallest absolute Gasteiger partial charge is 0.305 e. The number of carboxylic acids is 1. The van der Waals surface area contributed by atoms with E-state index in [0.29, 0.717) is 18.2 Å². The molecule has 0 aliphatic heterocycles. The number of carbonyl (C=O) groups excluding carboxylic acids is 1. The standard InChI is InChI=1S/C19H23N3O4/c23-16(20-15(12-18(24)25)13-6-2-1-3-7-13)10-11-17-21-19(22-26-17)14-8-4-5-9-14/h1-3,6-7,14-15H,4-5,8-12H2,(H,20,23)(H,24,25). The summed E-state index contributed by atoms with van der Waals surface area (Å²) < 4.78 is 5.25. The second-order valence-corrected chi connectivity index (χ2v) is 6.66. The molecule has 1 aliphatic rings. The number of benzene rings is 1. The van der Waals surface area contributed by atoms with Gasteiger partial charge in [-0.3, -0.25) is 9.59 Å². The predicted molar refractivity (Wildman–Crippen MR) is 93.4 cm³/mol. The Bertz CT molecular complexity index is 738. The van der Waals surface area contributed by atoms with Gasteiger partial charge in [0, 0.05) is 18.8 Å². The first-order chi connectivity index (χ1) is 12.6. The van der Waals surface area contributed by atoms with E-state index >= 15 is 0 Å². The summed E-state index contributed by atoms with van der Waals surface area (Å²) in [5, 5.41) is 15.9. The van der Waals surface area contributed by atoms with Crippen LogP contribution in [0.2, 0.25) is 0 Å². The van der Waals surface area contributed by atoms with Gasteiger partial charge in [0.2, 0.25) is 11.8 Å². The lowest BCUT2D eigenvalue weighted by atomic mass is 10.0. The highest BCUT2D eigenvalue weighted by Gasteiger charge is 2.23. The first-order valence-corrected chi connectivity index (χ1v) is 9.00. The average molecular weight is 357 g/mol. The van der Waals surface area contributed by atoms with Crippen molar-refractivity contribution in [3.05, 3.63) is 47.6 Å². The van der Waals surface area contributed by atoms with Crippen molar-refractivity contribution in [1.29, 1.82) is 0 Å². The molecule has 3 rings (SSSR count). The monoisotopic (exact) mass is 357 g/mol. The molecule has 7 nitrogen and oxygen atoms in total. The van der Waals surface area contributed by atoms with Gasteiger partial charge < -0.3 is 14.9 Å². The van der Waals surface area contributed by atoms with E-state index < -0.39 is 12.0 Å². The maximum absolute atomic E-state index is 12.3. The second kappa shape index (κ2) is 8.60. The number of hydrogen-bond donors (Lipinski definition) is 2. The van der Waals surface area contributed by atoms with Crippen LogP contribution in [0.15, 0.2) is 34.9 Å². The summed E-state index contributed by atoms with van der Waals surface area (Å²) in [5.74, 6) is 0.375. The van der Waals surface area contributed by atoms with Crippen LogP contribution in [0.3, 0.4) is 0 Å². The second-order valence-electron chi connectivity index (χ2n) is 6.66. The first-order valence-electron chi connectivity index (χ1n) is 9.00. The Morgan fingerprint density at radius 3 is 2.65 bits per heavy atom. The zero-order chi connectivity index (χ0) is 18.4. The molecule has 0 saturated heterocycles. The Morgan fingerprint density at radius 1 is 1.23 bits per heavy atom. The van der Waals surface area contributed by atoms with Crippen molar-refractivity contribution in [2.75, 3.05) is 0 Å². The molecule has 1 unspecified atom stereocenters. The number of rotatable bonds is 8. The lowest BCUT2D eigenvalue weighted by molar-refractivity contribution is -0.137. The summed E-state index contributed by atoms with van der Waals surface area (Å²) in [6.45, 7) is 0. The van der Waals surface area contributed by atoms with Crippen LogP contribution in [0.25, 0.3) is 0 Å². The molecule has 2 N–H and O–H groups in total. The zero-order valence-electron chi connectivity index (χ0n) is 14.6. The van der Waals surface area contributed by atoms with Crippen molar-refractivity contribution in [2.24, 2.45) is 0 Å². The molecule has 26 heavy (non-hydrogen) atoms. The molecule has 0 spiro atoms. The molecule has 1 aromatic heterocycles. The van der Waals surface area contributed by atoms with Crippen molar-refractivity contribution < 1.29 is 19.2 Å². The van der Waals surface area contributed by atoms with Crippen molar-refractivity contribution in [3.63, 3.8) is 0 Å². The SMILES string of the molecule is O=C(O)CC(NC(=O)CCc1nc(C2CCCC2)no1)c1ccccc1. The molecule has 1 amide bonds. The number of nitrogens with zero attached hydrogens (tertiary/aromatic N) is 2. The minimum atomic E-state index is -0.961. The minimum Gasteiger partial charge on any atom is -0.481 e. The highest BCUT2D eigenvalue weighted by Crippen LogP contribution is 2.32. The van der Waals surface area contributed by atoms with Gasteiger partial charge in [-0.25, -0.2) is 0 Å². The largest absolute Gasteiger partial charge is 0.481 e. The topological polar surface area (TPSA) is 105 Å². The van der Waals surface area contributed by atoms with Gasteiger partial charge in [0.15, 0.2) is 5.82 Å². The van der Waals surface area contributed by atoms with E-state index in [1.165, 1.54) is 12.8 Å². The molecule has 0 bridgehead atoms. The van der Waals surface area contributed by atoms with E-state index in [-0.39, 0.29) is 18.7 Å². The van der Waals surface area contributed by atoms with Gasteiger partial charge in [-0.15, -0.1) is 0 Å². The number of carboxylic acid groups (broad SMARTS) is 1. The summed E-state index contributed by atoms with van der Waals surface area (Å²) >= 11 is 0. The molecule has 0 radical (unpaired) electrons. The summed E-state index contributed by atoms with van der Waals surface area (Å²) in [7, 11) is 0. The molecule has 1 aliphatic carbocycles. The molecular weight excluding hydrogens is 334 g/mol. The average Bonchev–Trinajstić information content (AvgIpc) is 3.31. The van der Waals surface area contributed by atoms with Crippen molar-refractivity contribution in [2.45, 2.75) is 56.9 Å². The van der Waals surface area contributed by atoms with E-state index in [1.54, 1.807) is 12.1 Å². The van der Waals surface area contributed by atoms with Crippen LogP contribution >= 0.6 is 0 Å². The highest BCUT2D eigenvalue weighted by molar-refractivity contribution is 5.77. The Hall–Kier alpha value is -2.70. The van der Waals surface area contributed by atoms with E-state index in [1.807, 2.05) is 18.2 Å².